The van der Waals surface area contributed by atoms with Crippen molar-refractivity contribution in [3.63, 3.8) is 0 Å². The highest BCUT2D eigenvalue weighted by Crippen LogP contribution is 2.50. The molecule has 0 amide bonds. The molecular formula is C12H17N3O2S. The van der Waals surface area contributed by atoms with Gasteiger partial charge in [-0.05, 0) is 55.3 Å². The summed E-state index contributed by atoms with van der Waals surface area (Å²) in [7, 11) is 0. The Balaban J connectivity index is 1.63. The Labute approximate surface area is 110 Å². The predicted octanol–water partition coefficient (Wildman–Crippen LogP) is 3.29. The third-order valence-electron chi connectivity index (χ3n) is 4.46. The Hall–Kier alpha value is -1.17. The van der Waals surface area contributed by atoms with Gasteiger partial charge >= 0.3 is 5.00 Å². The molecule has 2 aliphatic rings. The number of rotatable bonds is 4. The lowest BCUT2D eigenvalue weighted by Crippen LogP contribution is -2.29. The van der Waals surface area contributed by atoms with Gasteiger partial charge in [-0.15, -0.1) is 0 Å². The summed E-state index contributed by atoms with van der Waals surface area (Å²) in [6.07, 6.45) is 6.79. The van der Waals surface area contributed by atoms with Crippen molar-refractivity contribution in [2.45, 2.75) is 38.6 Å². The van der Waals surface area contributed by atoms with Crippen molar-refractivity contribution < 1.29 is 4.92 Å². The first kappa shape index (κ1) is 11.9. The fourth-order valence-corrected chi connectivity index (χ4v) is 4.35. The van der Waals surface area contributed by atoms with Gasteiger partial charge in [-0.2, -0.15) is 0 Å². The van der Waals surface area contributed by atoms with E-state index in [9.17, 15) is 10.1 Å². The van der Waals surface area contributed by atoms with Crippen LogP contribution in [0.15, 0.2) is 6.20 Å². The second-order valence-electron chi connectivity index (χ2n) is 5.53. The molecule has 0 radical (unpaired) electrons. The molecule has 1 aromatic rings. The average molecular weight is 267 g/mol. The largest absolute Gasteiger partial charge is 0.359 e. The number of hydrogen-bond donors (Lipinski definition) is 1. The fraction of sp³-hybridized carbons (Fsp3) is 0.750. The number of fused-ring (bicyclic) bond motifs is 2. The minimum Gasteiger partial charge on any atom is -0.359 e. The van der Waals surface area contributed by atoms with E-state index in [4.69, 9.17) is 0 Å². The Morgan fingerprint density at radius 2 is 2.39 bits per heavy atom. The quantitative estimate of drug-likeness (QED) is 0.671. The first-order valence-corrected chi connectivity index (χ1v) is 7.32. The van der Waals surface area contributed by atoms with E-state index in [-0.39, 0.29) is 9.92 Å². The molecule has 0 unspecified atom stereocenters. The van der Waals surface area contributed by atoms with Gasteiger partial charge in [0, 0.05) is 6.04 Å². The maximum Gasteiger partial charge on any atom is 0.345 e. The van der Waals surface area contributed by atoms with Crippen LogP contribution in [0.2, 0.25) is 0 Å². The van der Waals surface area contributed by atoms with Crippen LogP contribution in [0.1, 0.15) is 32.6 Å². The van der Waals surface area contributed by atoms with E-state index in [2.05, 4.69) is 17.2 Å². The molecule has 5 nitrogen and oxygen atoms in total. The van der Waals surface area contributed by atoms with Crippen molar-refractivity contribution >= 4 is 21.5 Å². The SMILES string of the molecule is C[C@H](Nc1ncc([N+](=O)[O-])s1)[C@H]1C[C@H]2CC[C@H]1C2. The normalized spacial score (nSPS) is 31.5. The van der Waals surface area contributed by atoms with Crippen LogP contribution in [0, 0.1) is 27.9 Å². The van der Waals surface area contributed by atoms with Crippen LogP contribution in [0.3, 0.4) is 0 Å². The number of nitrogens with zero attached hydrogens (tertiary/aromatic N) is 2. The first-order valence-electron chi connectivity index (χ1n) is 6.50. The summed E-state index contributed by atoms with van der Waals surface area (Å²) in [6, 6.07) is 0.367. The zero-order chi connectivity index (χ0) is 12.7. The van der Waals surface area contributed by atoms with E-state index in [0.717, 1.165) is 23.2 Å². The maximum atomic E-state index is 10.6. The molecule has 4 atom stereocenters. The van der Waals surface area contributed by atoms with Crippen LogP contribution in [0.25, 0.3) is 0 Å². The number of nitro groups is 1. The summed E-state index contributed by atoms with van der Waals surface area (Å²) in [5, 5.41) is 14.7. The highest BCUT2D eigenvalue weighted by atomic mass is 32.1. The molecule has 0 aromatic carbocycles. The second kappa shape index (κ2) is 4.50. The molecule has 2 fully saturated rings. The zero-order valence-electron chi connectivity index (χ0n) is 10.3. The summed E-state index contributed by atoms with van der Waals surface area (Å²) in [6.45, 7) is 2.18. The molecule has 0 saturated heterocycles. The van der Waals surface area contributed by atoms with E-state index in [1.54, 1.807) is 0 Å². The van der Waals surface area contributed by atoms with Crippen LogP contribution < -0.4 is 5.32 Å². The number of aromatic nitrogens is 1. The van der Waals surface area contributed by atoms with Crippen molar-refractivity contribution in [2.75, 3.05) is 5.32 Å². The summed E-state index contributed by atoms with van der Waals surface area (Å²) >= 11 is 1.13. The zero-order valence-corrected chi connectivity index (χ0v) is 11.2. The van der Waals surface area contributed by atoms with E-state index in [0.29, 0.717) is 17.1 Å². The fourth-order valence-electron chi connectivity index (χ4n) is 3.62. The molecule has 2 aliphatic carbocycles. The molecule has 6 heteroatoms. The van der Waals surface area contributed by atoms with E-state index in [1.807, 2.05) is 0 Å². The molecule has 2 bridgehead atoms. The molecule has 1 aromatic heterocycles. The van der Waals surface area contributed by atoms with Crippen LogP contribution in [-0.4, -0.2) is 15.9 Å². The smallest absolute Gasteiger partial charge is 0.345 e. The highest BCUT2D eigenvalue weighted by molar-refractivity contribution is 7.18. The van der Waals surface area contributed by atoms with Gasteiger partial charge in [0.25, 0.3) is 0 Å². The minimum absolute atomic E-state index is 0.109. The van der Waals surface area contributed by atoms with E-state index >= 15 is 0 Å². The molecule has 1 heterocycles. The number of hydrogen-bond acceptors (Lipinski definition) is 5. The van der Waals surface area contributed by atoms with Crippen molar-refractivity contribution in [3.8, 4) is 0 Å². The van der Waals surface area contributed by atoms with Gasteiger partial charge in [0.15, 0.2) is 5.13 Å². The van der Waals surface area contributed by atoms with Crippen molar-refractivity contribution in [1.82, 2.24) is 4.98 Å². The Kier molecular flexibility index (Phi) is 2.97. The Bertz CT molecular complexity index is 462. The third kappa shape index (κ3) is 2.09. The average Bonchev–Trinajstić information content (AvgIpc) is 3.03. The number of anilines is 1. The molecule has 3 rings (SSSR count). The maximum absolute atomic E-state index is 10.6. The monoisotopic (exact) mass is 267 g/mol. The Morgan fingerprint density at radius 1 is 1.56 bits per heavy atom. The molecule has 2 saturated carbocycles. The van der Waals surface area contributed by atoms with Crippen LogP contribution in [0.5, 0.6) is 0 Å². The van der Waals surface area contributed by atoms with Gasteiger partial charge in [-0.3, -0.25) is 10.1 Å². The lowest BCUT2D eigenvalue weighted by atomic mass is 9.84. The topological polar surface area (TPSA) is 68.1 Å². The van der Waals surface area contributed by atoms with Gasteiger partial charge in [0.2, 0.25) is 0 Å². The lowest BCUT2D eigenvalue weighted by Gasteiger charge is -2.28. The summed E-state index contributed by atoms with van der Waals surface area (Å²) in [4.78, 5) is 14.3. The van der Waals surface area contributed by atoms with Gasteiger partial charge < -0.3 is 5.32 Å². The summed E-state index contributed by atoms with van der Waals surface area (Å²) in [5.41, 5.74) is 0. The summed E-state index contributed by atoms with van der Waals surface area (Å²) in [5.74, 6) is 2.49. The predicted molar refractivity (Wildman–Crippen MR) is 70.8 cm³/mol. The van der Waals surface area contributed by atoms with Crippen LogP contribution in [-0.2, 0) is 0 Å². The molecule has 0 spiro atoms. The first-order chi connectivity index (χ1) is 8.63. The van der Waals surface area contributed by atoms with Gasteiger partial charge in [0.05, 0.1) is 4.92 Å². The molecular weight excluding hydrogens is 250 g/mol. The number of nitrogens with one attached hydrogen (secondary N) is 1. The van der Waals surface area contributed by atoms with Crippen LogP contribution >= 0.6 is 11.3 Å². The van der Waals surface area contributed by atoms with Gasteiger partial charge in [-0.1, -0.05) is 6.42 Å². The Morgan fingerprint density at radius 3 is 2.94 bits per heavy atom. The molecule has 1 N–H and O–H groups in total. The lowest BCUT2D eigenvalue weighted by molar-refractivity contribution is -0.380. The molecule has 98 valence electrons. The second-order valence-corrected chi connectivity index (χ2v) is 6.54. The van der Waals surface area contributed by atoms with Gasteiger partial charge in [-0.25, -0.2) is 4.98 Å². The highest BCUT2D eigenvalue weighted by Gasteiger charge is 2.41. The minimum atomic E-state index is -0.384. The van der Waals surface area contributed by atoms with Crippen molar-refractivity contribution in [1.29, 1.82) is 0 Å². The summed E-state index contributed by atoms with van der Waals surface area (Å²) < 4.78 is 0. The van der Waals surface area contributed by atoms with Gasteiger partial charge in [0.1, 0.15) is 6.20 Å². The standard InChI is InChI=1S/C12H17N3O2S/c1-7(10-5-8-2-3-9(10)4-8)14-12-13-6-11(18-12)15(16)17/h6-10H,2-5H2,1H3,(H,13,14)/t7-,8-,9-,10+/m0/s1. The van der Waals surface area contributed by atoms with Crippen molar-refractivity contribution in [3.05, 3.63) is 16.3 Å². The molecule has 0 aliphatic heterocycles. The molecule has 18 heavy (non-hydrogen) atoms. The number of thiazole rings is 1. The van der Waals surface area contributed by atoms with Crippen LogP contribution in [0.4, 0.5) is 10.1 Å². The third-order valence-corrected chi connectivity index (χ3v) is 5.34. The van der Waals surface area contributed by atoms with E-state index < -0.39 is 0 Å². The van der Waals surface area contributed by atoms with Crippen molar-refractivity contribution in [2.24, 2.45) is 17.8 Å². The van der Waals surface area contributed by atoms with E-state index in [1.165, 1.54) is 31.9 Å².